The maximum Gasteiger partial charge on any atom is 0.308 e. The van der Waals surface area contributed by atoms with E-state index in [1.165, 1.54) is 4.90 Å². The molecule has 8 nitrogen and oxygen atoms in total. The van der Waals surface area contributed by atoms with Crippen LogP contribution in [0.4, 0.5) is 0 Å². The Kier molecular flexibility index (Phi) is 5.18. The van der Waals surface area contributed by atoms with Crippen molar-refractivity contribution in [2.75, 3.05) is 6.54 Å². The molecule has 2 amide bonds. The van der Waals surface area contributed by atoms with Gasteiger partial charge in [0, 0.05) is 12.1 Å². The van der Waals surface area contributed by atoms with Crippen LogP contribution in [0.15, 0.2) is 34.7 Å². The average Bonchev–Trinajstić information content (AvgIpc) is 3.30. The van der Waals surface area contributed by atoms with Crippen LogP contribution in [0, 0.1) is 11.8 Å². The summed E-state index contributed by atoms with van der Waals surface area (Å²) in [6.07, 6.45) is 3.43. The van der Waals surface area contributed by atoms with E-state index in [4.69, 9.17) is 9.15 Å². The predicted molar refractivity (Wildman–Crippen MR) is 96.3 cm³/mol. The summed E-state index contributed by atoms with van der Waals surface area (Å²) in [6.45, 7) is -0.0889. The lowest BCUT2D eigenvalue weighted by Crippen LogP contribution is -2.33. The smallest absolute Gasteiger partial charge is 0.308 e. The molecule has 1 aliphatic carbocycles. The Morgan fingerprint density at radius 1 is 1.07 bits per heavy atom. The number of benzene rings is 1. The van der Waals surface area contributed by atoms with Crippen LogP contribution >= 0.6 is 0 Å². The Morgan fingerprint density at radius 2 is 1.75 bits per heavy atom. The monoisotopic (exact) mass is 383 g/mol. The largest absolute Gasteiger partial charge is 0.456 e. The number of carbonyl (C=O) groups is 3. The highest BCUT2D eigenvalue weighted by molar-refractivity contribution is 6.05. The number of hydrogen-bond acceptors (Lipinski definition) is 7. The van der Waals surface area contributed by atoms with Gasteiger partial charge in [-0.25, -0.2) is 0 Å². The number of esters is 1. The number of aromatic nitrogens is 2. The molecule has 146 valence electrons. The lowest BCUT2D eigenvalue weighted by Gasteiger charge is -2.19. The van der Waals surface area contributed by atoms with Gasteiger partial charge < -0.3 is 9.15 Å². The van der Waals surface area contributed by atoms with E-state index < -0.39 is 5.97 Å². The number of rotatable bonds is 6. The third-order valence-electron chi connectivity index (χ3n) is 5.32. The van der Waals surface area contributed by atoms with E-state index in [1.807, 2.05) is 30.3 Å². The normalized spacial score (nSPS) is 21.6. The molecule has 28 heavy (non-hydrogen) atoms. The van der Waals surface area contributed by atoms with Gasteiger partial charge in [-0.15, -0.1) is 10.2 Å². The van der Waals surface area contributed by atoms with E-state index in [9.17, 15) is 14.4 Å². The summed E-state index contributed by atoms with van der Waals surface area (Å²) in [5.41, 5.74) is 0.778. The number of hydrogen-bond donors (Lipinski definition) is 0. The standard InChI is InChI=1S/C20H21N3O5/c24-17(10-11-23-19(25)14-8-4-5-9-15(14)20(23)26)27-12-16-21-22-18(28-16)13-6-2-1-3-7-13/h1-3,6-7,14-15H,4-5,8-12H2/t14-,15+. The van der Waals surface area contributed by atoms with Crippen LogP contribution in [0.1, 0.15) is 38.0 Å². The van der Waals surface area contributed by atoms with Gasteiger partial charge >= 0.3 is 5.97 Å². The van der Waals surface area contributed by atoms with Crippen LogP contribution in [-0.2, 0) is 25.7 Å². The maximum absolute atomic E-state index is 12.4. The van der Waals surface area contributed by atoms with Gasteiger partial charge in [0.1, 0.15) is 0 Å². The minimum Gasteiger partial charge on any atom is -0.456 e. The molecule has 0 N–H and O–H groups in total. The zero-order valence-corrected chi connectivity index (χ0v) is 15.4. The highest BCUT2D eigenvalue weighted by Crippen LogP contribution is 2.37. The second kappa shape index (κ2) is 7.92. The maximum atomic E-state index is 12.4. The van der Waals surface area contributed by atoms with Crippen molar-refractivity contribution in [3.63, 3.8) is 0 Å². The summed E-state index contributed by atoms with van der Waals surface area (Å²) in [5, 5.41) is 7.79. The zero-order valence-electron chi connectivity index (χ0n) is 15.4. The lowest BCUT2D eigenvalue weighted by molar-refractivity contribution is -0.147. The van der Waals surface area contributed by atoms with E-state index in [-0.39, 0.29) is 49.1 Å². The molecule has 8 heteroatoms. The molecule has 2 atom stereocenters. The van der Waals surface area contributed by atoms with Crippen LogP contribution in [0.2, 0.25) is 0 Å². The van der Waals surface area contributed by atoms with E-state index in [0.29, 0.717) is 5.89 Å². The molecule has 1 aromatic heterocycles. The van der Waals surface area contributed by atoms with Crippen molar-refractivity contribution < 1.29 is 23.5 Å². The molecule has 1 aromatic carbocycles. The number of carbonyl (C=O) groups excluding carboxylic acids is 3. The van der Waals surface area contributed by atoms with Crippen molar-refractivity contribution in [1.29, 1.82) is 0 Å². The fourth-order valence-corrected chi connectivity index (χ4v) is 3.88. The molecular weight excluding hydrogens is 362 g/mol. The molecule has 2 aliphatic rings. The third kappa shape index (κ3) is 3.67. The van der Waals surface area contributed by atoms with Crippen molar-refractivity contribution in [2.24, 2.45) is 11.8 Å². The molecule has 1 saturated heterocycles. The van der Waals surface area contributed by atoms with Gasteiger partial charge in [-0.05, 0) is 25.0 Å². The fraction of sp³-hybridized carbons (Fsp3) is 0.450. The summed E-state index contributed by atoms with van der Waals surface area (Å²) in [6, 6.07) is 9.27. The molecule has 0 unspecified atom stereocenters. The SMILES string of the molecule is O=C(CCN1C(=O)[C@H]2CCCC[C@H]2C1=O)OCc1nnc(-c2ccccc2)o1. The van der Waals surface area contributed by atoms with Gasteiger partial charge in [0.05, 0.1) is 18.3 Å². The number of nitrogens with zero attached hydrogens (tertiary/aromatic N) is 3. The zero-order chi connectivity index (χ0) is 19.5. The van der Waals surface area contributed by atoms with Gasteiger partial charge in [-0.1, -0.05) is 31.0 Å². The molecule has 2 aromatic rings. The van der Waals surface area contributed by atoms with Gasteiger partial charge in [0.25, 0.3) is 5.89 Å². The van der Waals surface area contributed by atoms with Crippen LogP contribution < -0.4 is 0 Å². The van der Waals surface area contributed by atoms with Crippen molar-refractivity contribution in [3.8, 4) is 11.5 Å². The highest BCUT2D eigenvalue weighted by Gasteiger charge is 2.47. The topological polar surface area (TPSA) is 103 Å². The van der Waals surface area contributed by atoms with Gasteiger partial charge in [0.15, 0.2) is 6.61 Å². The molecule has 4 rings (SSSR count). The van der Waals surface area contributed by atoms with Crippen molar-refractivity contribution >= 4 is 17.8 Å². The Labute approximate surface area is 161 Å². The first-order valence-corrected chi connectivity index (χ1v) is 9.52. The van der Waals surface area contributed by atoms with Crippen LogP contribution in [0.5, 0.6) is 0 Å². The third-order valence-corrected chi connectivity index (χ3v) is 5.32. The summed E-state index contributed by atoms with van der Waals surface area (Å²) in [7, 11) is 0. The minimum absolute atomic E-state index is 0.0450. The van der Waals surface area contributed by atoms with Gasteiger partial charge in [0.2, 0.25) is 17.7 Å². The first kappa shape index (κ1) is 18.3. The Balaban J connectivity index is 1.27. The van der Waals surface area contributed by atoms with Crippen molar-refractivity contribution in [2.45, 2.75) is 38.7 Å². The van der Waals surface area contributed by atoms with E-state index in [2.05, 4.69) is 10.2 Å². The summed E-state index contributed by atoms with van der Waals surface area (Å²) >= 11 is 0. The Morgan fingerprint density at radius 3 is 2.43 bits per heavy atom. The van der Waals surface area contributed by atoms with E-state index in [0.717, 1.165) is 31.2 Å². The lowest BCUT2D eigenvalue weighted by atomic mass is 9.81. The first-order valence-electron chi connectivity index (χ1n) is 9.52. The quantitative estimate of drug-likeness (QED) is 0.557. The molecule has 2 fully saturated rings. The first-order chi connectivity index (χ1) is 13.6. The van der Waals surface area contributed by atoms with Crippen LogP contribution in [0.3, 0.4) is 0 Å². The summed E-state index contributed by atoms with van der Waals surface area (Å²) in [4.78, 5) is 38.0. The summed E-state index contributed by atoms with van der Waals surface area (Å²) in [5.74, 6) is -0.679. The second-order valence-electron chi connectivity index (χ2n) is 7.10. The van der Waals surface area contributed by atoms with Crippen molar-refractivity contribution in [3.05, 3.63) is 36.2 Å². The second-order valence-corrected chi connectivity index (χ2v) is 7.10. The molecule has 0 radical (unpaired) electrons. The molecule has 0 spiro atoms. The van der Waals surface area contributed by atoms with E-state index >= 15 is 0 Å². The molecular formula is C20H21N3O5. The van der Waals surface area contributed by atoms with Crippen LogP contribution in [-0.4, -0.2) is 39.4 Å². The Bertz CT molecular complexity index is 855. The van der Waals surface area contributed by atoms with Crippen molar-refractivity contribution in [1.82, 2.24) is 15.1 Å². The molecule has 2 heterocycles. The predicted octanol–water partition coefficient (Wildman–Crippen LogP) is 2.35. The molecule has 0 bridgehead atoms. The number of likely N-dealkylation sites (tertiary alicyclic amines) is 1. The number of amides is 2. The molecule has 1 aliphatic heterocycles. The van der Waals surface area contributed by atoms with Gasteiger partial charge in [-0.2, -0.15) is 0 Å². The molecule has 1 saturated carbocycles. The Hall–Kier alpha value is -3.03. The van der Waals surface area contributed by atoms with Crippen LogP contribution in [0.25, 0.3) is 11.5 Å². The summed E-state index contributed by atoms with van der Waals surface area (Å²) < 4.78 is 10.6. The average molecular weight is 383 g/mol. The minimum atomic E-state index is -0.519. The number of ether oxygens (including phenoxy) is 1. The fourth-order valence-electron chi connectivity index (χ4n) is 3.88. The number of imide groups is 1. The van der Waals surface area contributed by atoms with E-state index in [1.54, 1.807) is 0 Å². The highest BCUT2D eigenvalue weighted by atomic mass is 16.5. The van der Waals surface area contributed by atoms with Gasteiger partial charge in [-0.3, -0.25) is 19.3 Å². The number of fused-ring (bicyclic) bond motifs is 1.